The van der Waals surface area contributed by atoms with Crippen molar-refractivity contribution in [2.45, 2.75) is 11.7 Å². The highest BCUT2D eigenvalue weighted by Crippen LogP contribution is 2.24. The minimum Gasteiger partial charge on any atom is -0.336 e. The number of hydrogen-bond acceptors (Lipinski definition) is 5. The predicted octanol–water partition coefficient (Wildman–Crippen LogP) is 1.14. The Hall–Kier alpha value is -1.61. The fourth-order valence-electron chi connectivity index (χ4n) is 2.23. The highest BCUT2D eigenvalue weighted by atomic mass is 32.2. The van der Waals surface area contributed by atoms with Gasteiger partial charge in [-0.3, -0.25) is 9.59 Å². The van der Waals surface area contributed by atoms with Gasteiger partial charge in [0.25, 0.3) is 0 Å². The van der Waals surface area contributed by atoms with Crippen molar-refractivity contribution in [1.29, 1.82) is 0 Å². The van der Waals surface area contributed by atoms with Gasteiger partial charge in [-0.25, -0.2) is 12.8 Å². The van der Waals surface area contributed by atoms with Crippen LogP contribution in [0.15, 0.2) is 24.3 Å². The van der Waals surface area contributed by atoms with Crippen LogP contribution in [0.2, 0.25) is 0 Å². The van der Waals surface area contributed by atoms with E-state index in [2.05, 4.69) is 5.32 Å². The first-order valence-corrected chi connectivity index (χ1v) is 10.2. The van der Waals surface area contributed by atoms with E-state index in [1.54, 1.807) is 0 Å². The van der Waals surface area contributed by atoms with Crippen LogP contribution in [-0.2, 0) is 19.4 Å². The van der Waals surface area contributed by atoms with Crippen molar-refractivity contribution < 1.29 is 22.4 Å². The van der Waals surface area contributed by atoms with Crippen LogP contribution in [0.25, 0.3) is 0 Å². The van der Waals surface area contributed by atoms with Crippen molar-refractivity contribution in [3.05, 3.63) is 30.1 Å². The molecule has 1 aromatic carbocycles. The zero-order chi connectivity index (χ0) is 17.7. The molecule has 6 nitrogen and oxygen atoms in total. The molecule has 9 heteroatoms. The molecule has 2 amide bonds. The van der Waals surface area contributed by atoms with Gasteiger partial charge in [0.15, 0.2) is 9.84 Å². The van der Waals surface area contributed by atoms with Crippen LogP contribution in [0.5, 0.6) is 0 Å². The fraction of sp³-hybridized carbons (Fsp3) is 0.467. The molecular weight excluding hydrogens is 355 g/mol. The fourth-order valence-corrected chi connectivity index (χ4v) is 5.81. The summed E-state index contributed by atoms with van der Waals surface area (Å²) in [6, 6.07) is 5.34. The van der Waals surface area contributed by atoms with Crippen molar-refractivity contribution in [1.82, 2.24) is 4.90 Å². The van der Waals surface area contributed by atoms with Crippen molar-refractivity contribution in [3.63, 3.8) is 0 Å². The highest BCUT2D eigenvalue weighted by Gasteiger charge is 2.29. The predicted molar refractivity (Wildman–Crippen MR) is 92.2 cm³/mol. The average Bonchev–Trinajstić information content (AvgIpc) is 2.86. The summed E-state index contributed by atoms with van der Waals surface area (Å²) in [6.07, 6.45) is 0.565. The van der Waals surface area contributed by atoms with Gasteiger partial charge >= 0.3 is 0 Å². The van der Waals surface area contributed by atoms with Crippen LogP contribution >= 0.6 is 11.8 Å². The second kappa shape index (κ2) is 7.98. The molecule has 0 saturated carbocycles. The Morgan fingerprint density at radius 1 is 1.33 bits per heavy atom. The first-order chi connectivity index (χ1) is 11.2. The maximum absolute atomic E-state index is 12.8. The minimum absolute atomic E-state index is 0.0552. The van der Waals surface area contributed by atoms with Gasteiger partial charge in [-0.15, -0.1) is 11.8 Å². The summed E-state index contributed by atoms with van der Waals surface area (Å²) >= 11 is 1.31. The Morgan fingerprint density at radius 2 is 2.00 bits per heavy atom. The van der Waals surface area contributed by atoms with Crippen LogP contribution in [0.1, 0.15) is 6.42 Å². The zero-order valence-corrected chi connectivity index (χ0v) is 14.8. The largest absolute Gasteiger partial charge is 0.336 e. The van der Waals surface area contributed by atoms with E-state index < -0.39 is 15.7 Å². The number of sulfone groups is 1. The second-order valence-corrected chi connectivity index (χ2v) is 9.16. The van der Waals surface area contributed by atoms with Crippen molar-refractivity contribution >= 4 is 39.1 Å². The quantitative estimate of drug-likeness (QED) is 0.807. The van der Waals surface area contributed by atoms with Gasteiger partial charge in [0.05, 0.1) is 23.8 Å². The number of thioether (sulfide) groups is 1. The molecule has 0 aliphatic carbocycles. The van der Waals surface area contributed by atoms with E-state index in [4.69, 9.17) is 0 Å². The maximum Gasteiger partial charge on any atom is 0.243 e. The van der Waals surface area contributed by atoms with Crippen molar-refractivity contribution in [3.8, 4) is 0 Å². The van der Waals surface area contributed by atoms with E-state index in [-0.39, 0.29) is 40.9 Å². The normalized spacial score (nSPS) is 19.0. The number of benzene rings is 1. The molecule has 0 aromatic heterocycles. The molecule has 0 spiro atoms. The summed E-state index contributed by atoms with van der Waals surface area (Å²) in [7, 11) is -1.44. The molecular formula is C15H19FN2O4S2. The number of halogens is 1. The molecule has 1 N–H and O–H groups in total. The van der Waals surface area contributed by atoms with Crippen LogP contribution in [-0.4, -0.2) is 61.2 Å². The van der Waals surface area contributed by atoms with Gasteiger partial charge in [-0.2, -0.15) is 0 Å². The van der Waals surface area contributed by atoms with Crippen LogP contribution in [0, 0.1) is 5.82 Å². The molecule has 0 radical (unpaired) electrons. The van der Waals surface area contributed by atoms with Gasteiger partial charge in [0.1, 0.15) is 5.82 Å². The Labute approximate surface area is 144 Å². The first kappa shape index (κ1) is 18.7. The molecule has 1 aromatic rings. The molecule has 1 atom stereocenters. The number of carbonyl (C=O) groups excluding carboxylic acids is 2. The molecule has 1 aliphatic rings. The average molecular weight is 374 g/mol. The van der Waals surface area contributed by atoms with Crippen LogP contribution in [0.3, 0.4) is 0 Å². The topological polar surface area (TPSA) is 83.6 Å². The highest BCUT2D eigenvalue weighted by molar-refractivity contribution is 8.02. The summed E-state index contributed by atoms with van der Waals surface area (Å²) in [5, 5.41) is 2.52. The van der Waals surface area contributed by atoms with Crippen LogP contribution < -0.4 is 5.32 Å². The van der Waals surface area contributed by atoms with Gasteiger partial charge in [0.2, 0.25) is 11.8 Å². The molecule has 0 unspecified atom stereocenters. The smallest absolute Gasteiger partial charge is 0.243 e. The van der Waals surface area contributed by atoms with E-state index >= 15 is 0 Å². The van der Waals surface area contributed by atoms with E-state index in [1.165, 1.54) is 48.0 Å². The third-order valence-electron chi connectivity index (χ3n) is 3.57. The molecule has 1 heterocycles. The van der Waals surface area contributed by atoms with Gasteiger partial charge in [0, 0.05) is 18.0 Å². The lowest BCUT2D eigenvalue weighted by atomic mass is 10.3. The van der Waals surface area contributed by atoms with Gasteiger partial charge in [-0.1, -0.05) is 0 Å². The Bertz CT molecular complexity index is 707. The number of nitrogens with one attached hydrogen (secondary N) is 1. The number of rotatable bonds is 6. The number of carbonyl (C=O) groups is 2. The summed E-state index contributed by atoms with van der Waals surface area (Å²) in [5.41, 5.74) is 0.452. The summed E-state index contributed by atoms with van der Waals surface area (Å²) in [6.45, 7) is -0.125. The Morgan fingerprint density at radius 3 is 2.58 bits per heavy atom. The number of amides is 2. The number of nitrogens with zero attached hydrogens (tertiary/aromatic N) is 1. The number of anilines is 1. The standard InChI is InChI=1S/C15H19FN2O4S2/c1-18(8-14(19)17-12-4-2-11(16)3-5-12)15(20)9-23-13-6-7-24(21,22)10-13/h2-5,13H,6-10H2,1H3,(H,17,19)/t13-/m0/s1. The molecule has 2 rings (SSSR count). The van der Waals surface area contributed by atoms with Crippen LogP contribution in [0.4, 0.5) is 10.1 Å². The lowest BCUT2D eigenvalue weighted by molar-refractivity contribution is -0.131. The monoisotopic (exact) mass is 374 g/mol. The van der Waals surface area contributed by atoms with E-state index in [0.29, 0.717) is 12.1 Å². The van der Waals surface area contributed by atoms with E-state index in [0.717, 1.165) is 0 Å². The summed E-state index contributed by atoms with van der Waals surface area (Å²) in [4.78, 5) is 25.2. The summed E-state index contributed by atoms with van der Waals surface area (Å²) < 4.78 is 35.5. The summed E-state index contributed by atoms with van der Waals surface area (Å²) in [5.74, 6) is -0.592. The molecule has 1 saturated heterocycles. The molecule has 1 fully saturated rings. The SMILES string of the molecule is CN(CC(=O)Nc1ccc(F)cc1)C(=O)CS[C@H]1CCS(=O)(=O)C1. The maximum atomic E-state index is 12.8. The number of likely N-dealkylation sites (N-methyl/N-ethyl adjacent to an activating group) is 1. The third kappa shape index (κ3) is 5.79. The molecule has 0 bridgehead atoms. The number of hydrogen-bond donors (Lipinski definition) is 1. The Balaban J connectivity index is 1.74. The lowest BCUT2D eigenvalue weighted by Crippen LogP contribution is -2.36. The molecule has 132 valence electrons. The Kier molecular flexibility index (Phi) is 6.22. The molecule has 24 heavy (non-hydrogen) atoms. The van der Waals surface area contributed by atoms with Crippen molar-refractivity contribution in [2.24, 2.45) is 0 Å². The first-order valence-electron chi connectivity index (χ1n) is 7.36. The van der Waals surface area contributed by atoms with E-state index in [1.807, 2.05) is 0 Å². The second-order valence-electron chi connectivity index (χ2n) is 5.64. The minimum atomic E-state index is -2.96. The van der Waals surface area contributed by atoms with Gasteiger partial charge in [-0.05, 0) is 30.7 Å². The van der Waals surface area contributed by atoms with Gasteiger partial charge < -0.3 is 10.2 Å². The van der Waals surface area contributed by atoms with E-state index in [9.17, 15) is 22.4 Å². The zero-order valence-electron chi connectivity index (χ0n) is 13.2. The lowest BCUT2D eigenvalue weighted by Gasteiger charge is -2.17. The third-order valence-corrected chi connectivity index (χ3v) is 6.83. The van der Waals surface area contributed by atoms with Crippen molar-refractivity contribution in [2.75, 3.05) is 36.2 Å². The molecule has 1 aliphatic heterocycles.